The van der Waals surface area contributed by atoms with Gasteiger partial charge >= 0.3 is 5.97 Å². The second-order valence-corrected chi connectivity index (χ2v) is 6.15. The number of hydrogen-bond acceptors (Lipinski definition) is 6. The molecule has 0 amide bonds. The Kier molecular flexibility index (Phi) is 8.03. The largest absolute Gasteiger partial charge is 0.462 e. The van der Waals surface area contributed by atoms with Gasteiger partial charge in [-0.3, -0.25) is 0 Å². The first-order valence-corrected chi connectivity index (χ1v) is 8.46. The number of esters is 1. The van der Waals surface area contributed by atoms with E-state index in [1.807, 2.05) is 0 Å². The van der Waals surface area contributed by atoms with Crippen LogP contribution in [-0.2, 0) is 19.5 Å². The highest BCUT2D eigenvalue weighted by Crippen LogP contribution is 2.11. The molecule has 0 fully saturated rings. The molecule has 0 saturated heterocycles. The minimum absolute atomic E-state index is 0.109. The molecular weight excluding hydrogens is 308 g/mol. The number of methoxy groups -OCH3 is 1. The van der Waals surface area contributed by atoms with Crippen molar-refractivity contribution in [3.8, 4) is 0 Å². The second kappa shape index (κ2) is 9.52. The maximum absolute atomic E-state index is 12.0. The maximum atomic E-state index is 12.0. The van der Waals surface area contributed by atoms with Crippen molar-refractivity contribution < 1.29 is 22.7 Å². The van der Waals surface area contributed by atoms with Crippen molar-refractivity contribution in [3.63, 3.8) is 0 Å². The first-order chi connectivity index (χ1) is 10.5. The van der Waals surface area contributed by atoms with E-state index in [4.69, 9.17) is 9.47 Å². The number of hydrogen-bond donors (Lipinski definition) is 2. The van der Waals surface area contributed by atoms with Crippen LogP contribution < -0.4 is 10.0 Å². The fourth-order valence-corrected chi connectivity index (χ4v) is 2.67. The first kappa shape index (κ1) is 18.6. The minimum Gasteiger partial charge on any atom is -0.462 e. The molecule has 0 aliphatic rings. The van der Waals surface area contributed by atoms with E-state index in [0.29, 0.717) is 25.3 Å². The van der Waals surface area contributed by atoms with Crippen LogP contribution in [0.1, 0.15) is 17.3 Å². The summed E-state index contributed by atoms with van der Waals surface area (Å²) in [5.74, 6) is -0.471. The quantitative estimate of drug-likeness (QED) is 0.476. The van der Waals surface area contributed by atoms with Crippen LogP contribution in [0.25, 0.3) is 0 Å². The molecule has 0 aromatic heterocycles. The smallest absolute Gasteiger partial charge is 0.338 e. The number of benzene rings is 1. The minimum atomic E-state index is -3.58. The van der Waals surface area contributed by atoms with Crippen LogP contribution in [0.15, 0.2) is 29.2 Å². The Morgan fingerprint density at radius 2 is 1.82 bits per heavy atom. The van der Waals surface area contributed by atoms with E-state index in [-0.39, 0.29) is 18.0 Å². The molecule has 124 valence electrons. The third kappa shape index (κ3) is 6.10. The highest BCUT2D eigenvalue weighted by molar-refractivity contribution is 7.89. The molecule has 7 nitrogen and oxygen atoms in total. The normalized spacial score (nSPS) is 11.4. The zero-order chi connectivity index (χ0) is 16.4. The standard InChI is InChI=1S/C14H22N2O5S/c1-3-21-14(17)12-4-6-13(7-5-12)22(18,19)16-9-8-15-10-11-20-2/h4-7,15-16H,3,8-11H2,1-2H3. The van der Waals surface area contributed by atoms with Crippen molar-refractivity contribution in [1.82, 2.24) is 10.0 Å². The lowest BCUT2D eigenvalue weighted by Crippen LogP contribution is -2.33. The summed E-state index contributed by atoms with van der Waals surface area (Å²) in [7, 11) is -1.98. The van der Waals surface area contributed by atoms with Crippen molar-refractivity contribution in [2.24, 2.45) is 0 Å². The van der Waals surface area contributed by atoms with Crippen molar-refractivity contribution >= 4 is 16.0 Å². The molecule has 0 radical (unpaired) electrons. The summed E-state index contributed by atoms with van der Waals surface area (Å²) < 4.78 is 36.3. The van der Waals surface area contributed by atoms with Gasteiger partial charge in [0.05, 0.1) is 23.7 Å². The SMILES string of the molecule is CCOC(=O)c1ccc(S(=O)(=O)NCCNCCOC)cc1. The average molecular weight is 330 g/mol. The van der Waals surface area contributed by atoms with Crippen molar-refractivity contribution in [2.75, 3.05) is 40.0 Å². The van der Waals surface area contributed by atoms with Crippen LogP contribution in [0.3, 0.4) is 0 Å². The Bertz CT molecular complexity index is 557. The Morgan fingerprint density at radius 1 is 1.14 bits per heavy atom. The lowest BCUT2D eigenvalue weighted by Gasteiger charge is -2.08. The van der Waals surface area contributed by atoms with Crippen LogP contribution in [0.4, 0.5) is 0 Å². The van der Waals surface area contributed by atoms with E-state index < -0.39 is 16.0 Å². The predicted molar refractivity (Wildman–Crippen MR) is 82.3 cm³/mol. The Labute approximate surface area is 131 Å². The van der Waals surface area contributed by atoms with Gasteiger partial charge in [-0.1, -0.05) is 0 Å². The molecule has 22 heavy (non-hydrogen) atoms. The van der Waals surface area contributed by atoms with Gasteiger partial charge in [0.15, 0.2) is 0 Å². The van der Waals surface area contributed by atoms with Gasteiger partial charge in [-0.2, -0.15) is 0 Å². The van der Waals surface area contributed by atoms with E-state index in [0.717, 1.165) is 0 Å². The molecule has 0 unspecified atom stereocenters. The lowest BCUT2D eigenvalue weighted by molar-refractivity contribution is 0.0526. The highest BCUT2D eigenvalue weighted by Gasteiger charge is 2.14. The zero-order valence-electron chi connectivity index (χ0n) is 12.8. The van der Waals surface area contributed by atoms with Crippen LogP contribution in [0.2, 0.25) is 0 Å². The molecule has 0 saturated carbocycles. The van der Waals surface area contributed by atoms with E-state index >= 15 is 0 Å². The van der Waals surface area contributed by atoms with Gasteiger partial charge in [0.1, 0.15) is 0 Å². The Hall–Kier alpha value is -1.48. The molecule has 0 spiro atoms. The van der Waals surface area contributed by atoms with Gasteiger partial charge in [0, 0.05) is 26.7 Å². The number of rotatable bonds is 10. The van der Waals surface area contributed by atoms with Crippen molar-refractivity contribution in [1.29, 1.82) is 0 Å². The van der Waals surface area contributed by atoms with Gasteiger partial charge in [-0.15, -0.1) is 0 Å². The molecule has 8 heteroatoms. The summed E-state index contributed by atoms with van der Waals surface area (Å²) in [4.78, 5) is 11.6. The summed E-state index contributed by atoms with van der Waals surface area (Å²) >= 11 is 0. The molecule has 1 aromatic rings. The summed E-state index contributed by atoms with van der Waals surface area (Å²) in [5.41, 5.74) is 0.321. The number of sulfonamides is 1. The van der Waals surface area contributed by atoms with Gasteiger partial charge in [0.2, 0.25) is 10.0 Å². The monoisotopic (exact) mass is 330 g/mol. The third-order valence-corrected chi connectivity index (χ3v) is 4.23. The fourth-order valence-electron chi connectivity index (χ4n) is 1.64. The predicted octanol–water partition coefficient (Wildman–Crippen LogP) is 0.378. The van der Waals surface area contributed by atoms with Gasteiger partial charge in [0.25, 0.3) is 0 Å². The molecule has 0 bridgehead atoms. The maximum Gasteiger partial charge on any atom is 0.338 e. The van der Waals surface area contributed by atoms with Crippen LogP contribution in [-0.4, -0.2) is 54.3 Å². The van der Waals surface area contributed by atoms with Crippen molar-refractivity contribution in [3.05, 3.63) is 29.8 Å². The summed E-state index contributed by atoms with van der Waals surface area (Å²) in [6.45, 7) is 3.99. The fraction of sp³-hybridized carbons (Fsp3) is 0.500. The second-order valence-electron chi connectivity index (χ2n) is 4.39. The van der Waals surface area contributed by atoms with Crippen LogP contribution in [0, 0.1) is 0 Å². The lowest BCUT2D eigenvalue weighted by atomic mass is 10.2. The highest BCUT2D eigenvalue weighted by atomic mass is 32.2. The molecule has 0 aliphatic carbocycles. The van der Waals surface area contributed by atoms with Crippen LogP contribution >= 0.6 is 0 Å². The van der Waals surface area contributed by atoms with E-state index in [1.165, 1.54) is 24.3 Å². The van der Waals surface area contributed by atoms with E-state index in [2.05, 4.69) is 10.0 Å². The molecule has 1 aromatic carbocycles. The molecule has 0 aliphatic heterocycles. The molecule has 0 atom stereocenters. The summed E-state index contributed by atoms with van der Waals surface area (Å²) in [5, 5.41) is 3.04. The Balaban J connectivity index is 2.53. The number of nitrogens with one attached hydrogen (secondary N) is 2. The summed E-state index contributed by atoms with van der Waals surface area (Å²) in [6.07, 6.45) is 0. The van der Waals surface area contributed by atoms with Gasteiger partial charge in [-0.25, -0.2) is 17.9 Å². The Morgan fingerprint density at radius 3 is 2.41 bits per heavy atom. The molecular formula is C14H22N2O5S. The number of ether oxygens (including phenoxy) is 2. The summed E-state index contributed by atoms with van der Waals surface area (Å²) in [6, 6.07) is 5.63. The first-order valence-electron chi connectivity index (χ1n) is 6.97. The zero-order valence-corrected chi connectivity index (χ0v) is 13.6. The van der Waals surface area contributed by atoms with E-state index in [1.54, 1.807) is 14.0 Å². The van der Waals surface area contributed by atoms with Crippen LogP contribution in [0.5, 0.6) is 0 Å². The van der Waals surface area contributed by atoms with Gasteiger partial charge < -0.3 is 14.8 Å². The third-order valence-electron chi connectivity index (χ3n) is 2.75. The number of carbonyl (C=O) groups is 1. The van der Waals surface area contributed by atoms with Crippen molar-refractivity contribution in [2.45, 2.75) is 11.8 Å². The van der Waals surface area contributed by atoms with Gasteiger partial charge in [-0.05, 0) is 31.2 Å². The molecule has 0 heterocycles. The average Bonchev–Trinajstić information content (AvgIpc) is 2.51. The van der Waals surface area contributed by atoms with E-state index in [9.17, 15) is 13.2 Å². The molecule has 2 N–H and O–H groups in total. The number of carbonyl (C=O) groups excluding carboxylic acids is 1. The molecule has 1 rings (SSSR count). The topological polar surface area (TPSA) is 93.7 Å².